The van der Waals surface area contributed by atoms with Crippen molar-refractivity contribution in [3.8, 4) is 0 Å². The van der Waals surface area contributed by atoms with Gasteiger partial charge in [-0.2, -0.15) is 0 Å². The number of hydrogen-bond donors (Lipinski definition) is 2. The van der Waals surface area contributed by atoms with Crippen molar-refractivity contribution in [1.29, 1.82) is 0 Å². The monoisotopic (exact) mass is 227 g/mol. The van der Waals surface area contributed by atoms with Crippen LogP contribution in [0.3, 0.4) is 0 Å². The molecule has 0 radical (unpaired) electrons. The third-order valence-electron chi connectivity index (χ3n) is 3.11. The number of nitrogens with zero attached hydrogens (tertiary/aromatic N) is 1. The smallest absolute Gasteiger partial charge is 0.317 e. The van der Waals surface area contributed by atoms with E-state index in [1.807, 2.05) is 11.9 Å². The number of urea groups is 1. The van der Waals surface area contributed by atoms with Crippen LogP contribution in [0.4, 0.5) is 4.79 Å². The van der Waals surface area contributed by atoms with Crippen molar-refractivity contribution in [1.82, 2.24) is 15.5 Å². The predicted octanol–water partition coefficient (Wildman–Crippen LogP) is 1.43. The summed E-state index contributed by atoms with van der Waals surface area (Å²) in [6.07, 6.45) is 4.56. The Morgan fingerprint density at radius 2 is 2.31 bits per heavy atom. The van der Waals surface area contributed by atoms with E-state index in [1.54, 1.807) is 0 Å². The molecule has 0 aromatic rings. The van der Waals surface area contributed by atoms with E-state index in [1.165, 1.54) is 6.42 Å². The van der Waals surface area contributed by atoms with Crippen LogP contribution >= 0.6 is 0 Å². The molecule has 2 amide bonds. The van der Waals surface area contributed by atoms with Crippen LogP contribution < -0.4 is 10.6 Å². The Morgan fingerprint density at radius 1 is 1.50 bits per heavy atom. The van der Waals surface area contributed by atoms with E-state index in [9.17, 15) is 4.79 Å². The zero-order valence-electron chi connectivity index (χ0n) is 10.6. The highest BCUT2D eigenvalue weighted by Crippen LogP contribution is 2.15. The number of piperidine rings is 1. The van der Waals surface area contributed by atoms with Crippen LogP contribution in [0.1, 0.15) is 32.6 Å². The minimum Gasteiger partial charge on any atom is -0.338 e. The minimum absolute atomic E-state index is 0.120. The summed E-state index contributed by atoms with van der Waals surface area (Å²) in [5.41, 5.74) is 0. The van der Waals surface area contributed by atoms with Gasteiger partial charge in [-0.3, -0.25) is 0 Å². The third kappa shape index (κ3) is 4.39. The van der Waals surface area contributed by atoms with Gasteiger partial charge in [-0.15, -0.1) is 0 Å². The number of carbonyl (C=O) groups excluding carboxylic acids is 1. The Bertz CT molecular complexity index is 206. The molecule has 1 heterocycles. The molecule has 0 bridgehead atoms. The average molecular weight is 227 g/mol. The molecule has 16 heavy (non-hydrogen) atoms. The molecular weight excluding hydrogens is 202 g/mol. The molecule has 0 aromatic heterocycles. The lowest BCUT2D eigenvalue weighted by Crippen LogP contribution is -2.47. The van der Waals surface area contributed by atoms with Crippen LogP contribution in [0.2, 0.25) is 0 Å². The molecule has 1 saturated heterocycles. The molecule has 2 N–H and O–H groups in total. The first-order chi connectivity index (χ1) is 7.77. The van der Waals surface area contributed by atoms with Gasteiger partial charge in [0.25, 0.3) is 0 Å². The summed E-state index contributed by atoms with van der Waals surface area (Å²) in [5, 5.41) is 6.17. The second-order valence-corrected chi connectivity index (χ2v) is 4.60. The summed E-state index contributed by atoms with van der Waals surface area (Å²) in [4.78, 5) is 13.8. The van der Waals surface area contributed by atoms with Crippen molar-refractivity contribution < 1.29 is 4.79 Å². The summed E-state index contributed by atoms with van der Waals surface area (Å²) >= 11 is 0. The zero-order chi connectivity index (χ0) is 11.8. The Hall–Kier alpha value is -0.770. The van der Waals surface area contributed by atoms with Gasteiger partial charge in [-0.05, 0) is 38.8 Å². The molecule has 0 saturated carbocycles. The van der Waals surface area contributed by atoms with E-state index in [0.717, 1.165) is 45.4 Å². The number of hydrogen-bond acceptors (Lipinski definition) is 2. The van der Waals surface area contributed by atoms with Gasteiger partial charge in [0.1, 0.15) is 0 Å². The molecular formula is C12H25N3O. The maximum absolute atomic E-state index is 11.8. The molecule has 1 atom stereocenters. The van der Waals surface area contributed by atoms with Gasteiger partial charge >= 0.3 is 6.03 Å². The van der Waals surface area contributed by atoms with Crippen molar-refractivity contribution in [2.75, 3.05) is 33.2 Å². The SMILES string of the molecule is CCCCNC(=O)N1CCCC(CNC)C1. The second kappa shape index (κ2) is 7.49. The van der Waals surface area contributed by atoms with Crippen molar-refractivity contribution >= 4 is 6.03 Å². The molecule has 1 aliphatic heterocycles. The minimum atomic E-state index is 0.120. The largest absolute Gasteiger partial charge is 0.338 e. The van der Waals surface area contributed by atoms with Gasteiger partial charge in [-0.25, -0.2) is 4.79 Å². The third-order valence-corrected chi connectivity index (χ3v) is 3.11. The van der Waals surface area contributed by atoms with Crippen molar-refractivity contribution in [2.45, 2.75) is 32.6 Å². The average Bonchev–Trinajstić information content (AvgIpc) is 2.30. The Labute approximate surface area is 98.8 Å². The summed E-state index contributed by atoms with van der Waals surface area (Å²) in [5.74, 6) is 0.621. The lowest BCUT2D eigenvalue weighted by atomic mass is 9.98. The zero-order valence-corrected chi connectivity index (χ0v) is 10.6. The van der Waals surface area contributed by atoms with E-state index in [4.69, 9.17) is 0 Å². The number of likely N-dealkylation sites (tertiary alicyclic amines) is 1. The van der Waals surface area contributed by atoms with Crippen LogP contribution in [-0.4, -0.2) is 44.2 Å². The fraction of sp³-hybridized carbons (Fsp3) is 0.917. The molecule has 1 unspecified atom stereocenters. The summed E-state index contributed by atoms with van der Waals surface area (Å²) in [7, 11) is 1.97. The maximum Gasteiger partial charge on any atom is 0.317 e. The molecule has 0 aliphatic carbocycles. The molecule has 4 nitrogen and oxygen atoms in total. The van der Waals surface area contributed by atoms with Crippen molar-refractivity contribution in [3.05, 3.63) is 0 Å². The second-order valence-electron chi connectivity index (χ2n) is 4.60. The van der Waals surface area contributed by atoms with Gasteiger partial charge < -0.3 is 15.5 Å². The Morgan fingerprint density at radius 3 is 3.00 bits per heavy atom. The fourth-order valence-corrected chi connectivity index (χ4v) is 2.19. The summed E-state index contributed by atoms with van der Waals surface area (Å²) < 4.78 is 0. The van der Waals surface area contributed by atoms with Gasteiger partial charge in [0.2, 0.25) is 0 Å². The molecule has 1 fully saturated rings. The normalized spacial score (nSPS) is 20.9. The summed E-state index contributed by atoms with van der Waals surface area (Å²) in [6, 6.07) is 0.120. The van der Waals surface area contributed by atoms with Crippen LogP contribution in [-0.2, 0) is 0 Å². The van der Waals surface area contributed by atoms with Crippen LogP contribution in [0, 0.1) is 5.92 Å². The number of amides is 2. The standard InChI is InChI=1S/C12H25N3O/c1-3-4-7-14-12(16)15-8-5-6-11(10-15)9-13-2/h11,13H,3-10H2,1-2H3,(H,14,16). The molecule has 0 spiro atoms. The van der Waals surface area contributed by atoms with E-state index >= 15 is 0 Å². The van der Waals surface area contributed by atoms with Crippen molar-refractivity contribution in [3.63, 3.8) is 0 Å². The summed E-state index contributed by atoms with van der Waals surface area (Å²) in [6.45, 7) is 5.77. The van der Waals surface area contributed by atoms with E-state index in [0.29, 0.717) is 5.92 Å². The van der Waals surface area contributed by atoms with Gasteiger partial charge in [0, 0.05) is 19.6 Å². The lowest BCUT2D eigenvalue weighted by Gasteiger charge is -2.32. The number of nitrogens with one attached hydrogen (secondary N) is 2. The fourth-order valence-electron chi connectivity index (χ4n) is 2.19. The highest BCUT2D eigenvalue weighted by atomic mass is 16.2. The Balaban J connectivity index is 2.26. The number of carbonyl (C=O) groups is 1. The van der Waals surface area contributed by atoms with E-state index < -0.39 is 0 Å². The first-order valence-electron chi connectivity index (χ1n) is 6.45. The maximum atomic E-state index is 11.8. The van der Waals surface area contributed by atoms with E-state index in [-0.39, 0.29) is 6.03 Å². The van der Waals surface area contributed by atoms with Crippen LogP contribution in [0.25, 0.3) is 0 Å². The number of rotatable bonds is 5. The predicted molar refractivity (Wildman–Crippen MR) is 66.5 cm³/mol. The van der Waals surface area contributed by atoms with E-state index in [2.05, 4.69) is 17.6 Å². The van der Waals surface area contributed by atoms with Gasteiger partial charge in [0.05, 0.1) is 0 Å². The highest BCUT2D eigenvalue weighted by Gasteiger charge is 2.22. The Kier molecular flexibility index (Phi) is 6.23. The van der Waals surface area contributed by atoms with Gasteiger partial charge in [-0.1, -0.05) is 13.3 Å². The highest BCUT2D eigenvalue weighted by molar-refractivity contribution is 5.74. The number of unbranched alkanes of at least 4 members (excludes halogenated alkanes) is 1. The van der Waals surface area contributed by atoms with Gasteiger partial charge in [0.15, 0.2) is 0 Å². The molecule has 4 heteroatoms. The quantitative estimate of drug-likeness (QED) is 0.698. The topological polar surface area (TPSA) is 44.4 Å². The van der Waals surface area contributed by atoms with Crippen LogP contribution in [0.5, 0.6) is 0 Å². The molecule has 94 valence electrons. The first kappa shape index (κ1) is 13.3. The molecule has 1 rings (SSSR count). The molecule has 0 aromatic carbocycles. The van der Waals surface area contributed by atoms with Crippen molar-refractivity contribution in [2.24, 2.45) is 5.92 Å². The lowest BCUT2D eigenvalue weighted by molar-refractivity contribution is 0.165. The molecule has 1 aliphatic rings. The van der Waals surface area contributed by atoms with Crippen LogP contribution in [0.15, 0.2) is 0 Å². The first-order valence-corrected chi connectivity index (χ1v) is 6.45.